The normalized spacial score (nSPS) is 24.2. The van der Waals surface area contributed by atoms with Crippen molar-refractivity contribution < 1.29 is 8.78 Å². The number of hydrogen-bond acceptors (Lipinski definition) is 1. The maximum Gasteiger partial charge on any atom is 0.159 e. The largest absolute Gasteiger partial charge is 0.313 e. The molecular weight excluding hydrogens is 232 g/mol. The average molecular weight is 253 g/mol. The van der Waals surface area contributed by atoms with Crippen molar-refractivity contribution in [1.82, 2.24) is 5.32 Å². The standard InChI is InChI=1S/C15H21F2N/c1-2-9-18-15-6-4-3-5-12(15)11-7-8-13(16)14(17)10-11/h7-8,10,12,15,18H,2-6,9H2,1H3. The van der Waals surface area contributed by atoms with Gasteiger partial charge in [0.2, 0.25) is 0 Å². The van der Waals surface area contributed by atoms with Crippen LogP contribution >= 0.6 is 0 Å². The maximum absolute atomic E-state index is 13.3. The van der Waals surface area contributed by atoms with E-state index in [1.54, 1.807) is 6.07 Å². The minimum absolute atomic E-state index is 0.320. The van der Waals surface area contributed by atoms with Gasteiger partial charge in [0, 0.05) is 6.04 Å². The zero-order valence-corrected chi connectivity index (χ0v) is 10.9. The molecule has 0 heterocycles. The van der Waals surface area contributed by atoms with Crippen molar-refractivity contribution in [2.75, 3.05) is 6.54 Å². The summed E-state index contributed by atoms with van der Waals surface area (Å²) >= 11 is 0. The molecule has 2 rings (SSSR count). The Bertz CT molecular complexity index is 392. The van der Waals surface area contributed by atoms with E-state index in [-0.39, 0.29) is 0 Å². The highest BCUT2D eigenvalue weighted by Crippen LogP contribution is 2.33. The fourth-order valence-corrected chi connectivity index (χ4v) is 2.85. The Morgan fingerprint density at radius 3 is 2.67 bits per heavy atom. The first kappa shape index (κ1) is 13.5. The molecule has 2 atom stereocenters. The second-order valence-electron chi connectivity index (χ2n) is 5.13. The molecule has 18 heavy (non-hydrogen) atoms. The highest BCUT2D eigenvalue weighted by molar-refractivity contribution is 5.24. The summed E-state index contributed by atoms with van der Waals surface area (Å²) < 4.78 is 26.3. The maximum atomic E-state index is 13.3. The van der Waals surface area contributed by atoms with Crippen molar-refractivity contribution in [3.05, 3.63) is 35.4 Å². The van der Waals surface area contributed by atoms with Gasteiger partial charge in [-0.05, 0) is 49.4 Å². The fourth-order valence-electron chi connectivity index (χ4n) is 2.85. The first-order valence-corrected chi connectivity index (χ1v) is 6.90. The van der Waals surface area contributed by atoms with Crippen LogP contribution in [0.1, 0.15) is 50.5 Å². The second kappa shape index (κ2) is 6.28. The molecule has 0 saturated heterocycles. The van der Waals surface area contributed by atoms with Crippen LogP contribution < -0.4 is 5.32 Å². The number of nitrogens with one attached hydrogen (secondary N) is 1. The van der Waals surface area contributed by atoms with Gasteiger partial charge in [-0.2, -0.15) is 0 Å². The zero-order chi connectivity index (χ0) is 13.0. The summed E-state index contributed by atoms with van der Waals surface area (Å²) in [6, 6.07) is 4.75. The van der Waals surface area contributed by atoms with Gasteiger partial charge in [0.1, 0.15) is 0 Å². The molecular formula is C15H21F2N. The lowest BCUT2D eigenvalue weighted by Gasteiger charge is -2.32. The smallest absolute Gasteiger partial charge is 0.159 e. The van der Waals surface area contributed by atoms with Crippen molar-refractivity contribution in [3.63, 3.8) is 0 Å². The zero-order valence-electron chi connectivity index (χ0n) is 10.9. The van der Waals surface area contributed by atoms with Crippen LogP contribution in [0, 0.1) is 11.6 Å². The van der Waals surface area contributed by atoms with E-state index >= 15 is 0 Å². The van der Waals surface area contributed by atoms with E-state index in [0.717, 1.165) is 31.4 Å². The summed E-state index contributed by atoms with van der Waals surface area (Å²) in [6.07, 6.45) is 5.69. The van der Waals surface area contributed by atoms with Crippen LogP contribution in [-0.4, -0.2) is 12.6 Å². The predicted octanol–water partition coefficient (Wildman–Crippen LogP) is 3.99. The molecule has 0 radical (unpaired) electrons. The molecule has 2 unspecified atom stereocenters. The Morgan fingerprint density at radius 1 is 1.17 bits per heavy atom. The Morgan fingerprint density at radius 2 is 1.94 bits per heavy atom. The average Bonchev–Trinajstić information content (AvgIpc) is 2.40. The van der Waals surface area contributed by atoms with Gasteiger partial charge in [-0.25, -0.2) is 8.78 Å². The minimum atomic E-state index is -0.757. The molecule has 1 N–H and O–H groups in total. The van der Waals surface area contributed by atoms with Crippen LogP contribution in [-0.2, 0) is 0 Å². The monoisotopic (exact) mass is 253 g/mol. The van der Waals surface area contributed by atoms with E-state index < -0.39 is 11.6 Å². The molecule has 0 amide bonds. The molecule has 0 bridgehead atoms. The highest BCUT2D eigenvalue weighted by atomic mass is 19.2. The van der Waals surface area contributed by atoms with E-state index in [1.807, 2.05) is 0 Å². The molecule has 3 heteroatoms. The van der Waals surface area contributed by atoms with Gasteiger partial charge < -0.3 is 5.32 Å². The quantitative estimate of drug-likeness (QED) is 0.855. The number of rotatable bonds is 4. The third-order valence-corrected chi connectivity index (χ3v) is 3.79. The van der Waals surface area contributed by atoms with Gasteiger partial charge in [-0.1, -0.05) is 25.8 Å². The summed E-state index contributed by atoms with van der Waals surface area (Å²) in [4.78, 5) is 0. The summed E-state index contributed by atoms with van der Waals surface area (Å²) in [5, 5.41) is 3.54. The Hall–Kier alpha value is -0.960. The lowest BCUT2D eigenvalue weighted by atomic mass is 9.80. The van der Waals surface area contributed by atoms with Crippen LogP contribution in [0.2, 0.25) is 0 Å². The van der Waals surface area contributed by atoms with E-state index in [2.05, 4.69) is 12.2 Å². The molecule has 1 fully saturated rings. The molecule has 0 spiro atoms. The van der Waals surface area contributed by atoms with Gasteiger partial charge in [-0.3, -0.25) is 0 Å². The number of benzene rings is 1. The van der Waals surface area contributed by atoms with Gasteiger partial charge in [-0.15, -0.1) is 0 Å². The third kappa shape index (κ3) is 3.08. The molecule has 1 aromatic rings. The molecule has 100 valence electrons. The topological polar surface area (TPSA) is 12.0 Å². The van der Waals surface area contributed by atoms with Crippen LogP contribution in [0.5, 0.6) is 0 Å². The van der Waals surface area contributed by atoms with E-state index in [0.29, 0.717) is 12.0 Å². The Labute approximate surface area is 108 Å². The first-order valence-electron chi connectivity index (χ1n) is 6.90. The molecule has 1 nitrogen and oxygen atoms in total. The van der Waals surface area contributed by atoms with Gasteiger partial charge in [0.15, 0.2) is 11.6 Å². The molecule has 0 aliphatic heterocycles. The summed E-state index contributed by atoms with van der Waals surface area (Å²) in [6.45, 7) is 3.13. The number of halogens is 2. The molecule has 1 aromatic carbocycles. The van der Waals surface area contributed by atoms with E-state index in [9.17, 15) is 8.78 Å². The summed E-state index contributed by atoms with van der Waals surface area (Å²) in [5.41, 5.74) is 0.933. The second-order valence-corrected chi connectivity index (χ2v) is 5.13. The van der Waals surface area contributed by atoms with Gasteiger partial charge in [0.25, 0.3) is 0 Å². The third-order valence-electron chi connectivity index (χ3n) is 3.79. The van der Waals surface area contributed by atoms with E-state index in [1.165, 1.54) is 25.0 Å². The van der Waals surface area contributed by atoms with Crippen LogP contribution in [0.25, 0.3) is 0 Å². The van der Waals surface area contributed by atoms with Crippen LogP contribution in [0.4, 0.5) is 8.78 Å². The van der Waals surface area contributed by atoms with Crippen molar-refractivity contribution >= 4 is 0 Å². The lowest BCUT2D eigenvalue weighted by molar-refractivity contribution is 0.327. The Balaban J connectivity index is 2.14. The molecule has 1 aliphatic rings. The van der Waals surface area contributed by atoms with Crippen molar-refractivity contribution in [2.24, 2.45) is 0 Å². The van der Waals surface area contributed by atoms with Crippen molar-refractivity contribution in [1.29, 1.82) is 0 Å². The molecule has 0 aromatic heterocycles. The lowest BCUT2D eigenvalue weighted by Crippen LogP contribution is -2.37. The van der Waals surface area contributed by atoms with Crippen molar-refractivity contribution in [2.45, 2.75) is 51.0 Å². The Kier molecular flexibility index (Phi) is 4.70. The van der Waals surface area contributed by atoms with Crippen LogP contribution in [0.3, 0.4) is 0 Å². The van der Waals surface area contributed by atoms with Gasteiger partial charge >= 0.3 is 0 Å². The highest BCUT2D eigenvalue weighted by Gasteiger charge is 2.26. The summed E-state index contributed by atoms with van der Waals surface area (Å²) in [5.74, 6) is -1.17. The first-order chi connectivity index (χ1) is 8.72. The fraction of sp³-hybridized carbons (Fsp3) is 0.600. The van der Waals surface area contributed by atoms with Crippen LogP contribution in [0.15, 0.2) is 18.2 Å². The summed E-state index contributed by atoms with van der Waals surface area (Å²) in [7, 11) is 0. The molecule has 1 saturated carbocycles. The van der Waals surface area contributed by atoms with Gasteiger partial charge in [0.05, 0.1) is 0 Å². The SMILES string of the molecule is CCCNC1CCCCC1c1ccc(F)c(F)c1. The number of hydrogen-bond donors (Lipinski definition) is 1. The van der Waals surface area contributed by atoms with Crippen molar-refractivity contribution in [3.8, 4) is 0 Å². The molecule has 1 aliphatic carbocycles. The van der Waals surface area contributed by atoms with E-state index in [4.69, 9.17) is 0 Å². The predicted molar refractivity (Wildman–Crippen MR) is 69.6 cm³/mol. The minimum Gasteiger partial charge on any atom is -0.313 e.